The average Bonchev–Trinajstić information content (AvgIpc) is 3.87. The van der Waals surface area contributed by atoms with Gasteiger partial charge in [-0.2, -0.15) is 0 Å². The van der Waals surface area contributed by atoms with Crippen molar-refractivity contribution in [2.75, 3.05) is 39.3 Å². The molecule has 3 heterocycles. The molecule has 68 heavy (non-hydrogen) atoms. The monoisotopic (exact) mass is 952 g/mol. The fourth-order valence-electron chi connectivity index (χ4n) is 9.93. The zero-order valence-electron chi connectivity index (χ0n) is 49.9. The van der Waals surface area contributed by atoms with Gasteiger partial charge in [0, 0.05) is 11.9 Å². The fourth-order valence-corrected chi connectivity index (χ4v) is 9.93. The largest absolute Gasteiger partial charge is 0.390 e. The highest BCUT2D eigenvalue weighted by molar-refractivity contribution is 5.05. The molecule has 2 saturated heterocycles. The summed E-state index contributed by atoms with van der Waals surface area (Å²) in [5, 5.41) is 10.2. The summed E-state index contributed by atoms with van der Waals surface area (Å²) < 4.78 is 0. The number of hydrogen-bond donors (Lipinski definition) is 1. The van der Waals surface area contributed by atoms with E-state index in [1.54, 1.807) is 0 Å². The number of aromatic nitrogens is 1. The number of likely N-dealkylation sites (tertiary alicyclic amines) is 2. The Morgan fingerprint density at radius 2 is 0.956 bits per heavy atom. The van der Waals surface area contributed by atoms with Gasteiger partial charge in [0.1, 0.15) is 0 Å². The van der Waals surface area contributed by atoms with Crippen LogP contribution in [0, 0.1) is 44.3 Å². The molecule has 3 saturated carbocycles. The van der Waals surface area contributed by atoms with E-state index in [-0.39, 0.29) is 5.60 Å². The predicted octanol–water partition coefficient (Wildman–Crippen LogP) is 19.2. The Hall–Kier alpha value is -0.970. The zero-order valence-corrected chi connectivity index (χ0v) is 49.9. The van der Waals surface area contributed by atoms with Crippen LogP contribution in [0.3, 0.4) is 0 Å². The maximum absolute atomic E-state index is 10.2. The highest BCUT2D eigenvalue weighted by Gasteiger charge is 2.30. The number of nitrogens with zero attached hydrogens (tertiary/aromatic N) is 3. The zero-order chi connectivity index (χ0) is 51.5. The number of piperidine rings is 1. The first kappa shape index (κ1) is 65.0. The molecule has 0 spiro atoms. The van der Waals surface area contributed by atoms with Crippen molar-refractivity contribution in [3.63, 3.8) is 0 Å². The van der Waals surface area contributed by atoms with Gasteiger partial charge in [-0.25, -0.2) is 0 Å². The van der Waals surface area contributed by atoms with Crippen molar-refractivity contribution in [2.24, 2.45) is 44.3 Å². The van der Waals surface area contributed by atoms with Gasteiger partial charge in [-0.15, -0.1) is 0 Å². The first-order valence-electron chi connectivity index (χ1n) is 29.4. The lowest BCUT2D eigenvalue weighted by Crippen LogP contribution is -2.32. The molecule has 0 bridgehead atoms. The molecule has 1 N–H and O–H groups in total. The maximum Gasteiger partial charge on any atom is 0.0648 e. The first-order valence-corrected chi connectivity index (χ1v) is 29.4. The Bertz CT molecular complexity index is 1280. The van der Waals surface area contributed by atoms with Gasteiger partial charge in [-0.05, 0) is 192 Å². The summed E-state index contributed by atoms with van der Waals surface area (Å²) in [4.78, 5) is 9.49. The van der Waals surface area contributed by atoms with Gasteiger partial charge in [-0.1, -0.05) is 201 Å². The summed E-state index contributed by atoms with van der Waals surface area (Å²) in [6.45, 7) is 49.5. The third-order valence-corrected chi connectivity index (χ3v) is 14.4. The summed E-state index contributed by atoms with van der Waals surface area (Å²) in [5.41, 5.74) is 3.75. The van der Waals surface area contributed by atoms with Crippen molar-refractivity contribution in [2.45, 2.75) is 297 Å². The molecule has 5 aliphatic rings. The standard InChI is InChI=1S/C12H24O.C12H24.2C11H23N.C10H15N.C8H16/c1-11(2,3)9-10-12(13)7-5-4-6-8-12;1-12(2,3)10-9-11-7-5-4-6-8-11;1-11(2,3)7-6-10-12-8-4-5-9-12;1-11(2,3)7-10-12-8-5-4-6-9-12;1-10(2,3)8-9-6-4-5-7-11-9;1-8(2,3)6-7-4-5-7/h13H,4-10H2,1-3H3;11H,4-10H2,1-3H3;2*4-10H2,1-3H3;4-7H,8H2,1-3H3;7H,4-6H2,1-3H3. The van der Waals surface area contributed by atoms with Gasteiger partial charge in [0.25, 0.3) is 0 Å². The van der Waals surface area contributed by atoms with E-state index in [0.717, 1.165) is 43.9 Å². The Morgan fingerprint density at radius 1 is 0.485 bits per heavy atom. The quantitative estimate of drug-likeness (QED) is 0.240. The summed E-state index contributed by atoms with van der Waals surface area (Å²) in [6, 6.07) is 6.06. The summed E-state index contributed by atoms with van der Waals surface area (Å²) in [5.74, 6) is 2.16. The number of hydrogen-bond acceptors (Lipinski definition) is 4. The molecule has 0 radical (unpaired) electrons. The van der Waals surface area contributed by atoms with Crippen LogP contribution in [0.15, 0.2) is 24.4 Å². The minimum Gasteiger partial charge on any atom is -0.390 e. The van der Waals surface area contributed by atoms with E-state index in [1.807, 2.05) is 18.3 Å². The molecule has 5 fully saturated rings. The lowest BCUT2D eigenvalue weighted by molar-refractivity contribution is -0.0123. The highest BCUT2D eigenvalue weighted by Crippen LogP contribution is 2.40. The van der Waals surface area contributed by atoms with Crippen LogP contribution < -0.4 is 0 Å². The van der Waals surface area contributed by atoms with Gasteiger partial charge in [-0.3, -0.25) is 4.98 Å². The minimum absolute atomic E-state index is 0.314. The van der Waals surface area contributed by atoms with Crippen LogP contribution >= 0.6 is 0 Å². The third kappa shape index (κ3) is 42.7. The van der Waals surface area contributed by atoms with E-state index < -0.39 is 0 Å². The molecule has 3 aliphatic carbocycles. The van der Waals surface area contributed by atoms with E-state index in [1.165, 1.54) is 180 Å². The van der Waals surface area contributed by atoms with Crippen LogP contribution in [0.2, 0.25) is 0 Å². The molecule has 4 heteroatoms. The molecule has 0 aromatic carbocycles. The van der Waals surface area contributed by atoms with Crippen molar-refractivity contribution in [3.8, 4) is 0 Å². The number of rotatable bonds is 11. The normalized spacial score (nSPS) is 19.9. The fraction of sp³-hybridized carbons (Fsp3) is 0.922. The molecule has 1 aromatic heterocycles. The molecule has 0 atom stereocenters. The highest BCUT2D eigenvalue weighted by atomic mass is 16.3. The topological polar surface area (TPSA) is 39.6 Å². The van der Waals surface area contributed by atoms with Crippen molar-refractivity contribution in [1.29, 1.82) is 0 Å². The van der Waals surface area contributed by atoms with Crippen molar-refractivity contribution in [3.05, 3.63) is 30.1 Å². The SMILES string of the molecule is CC(C)(C)CC1CC1.CC(C)(C)CCC1(O)CCCCC1.CC(C)(C)CCC1CCCCC1.CC(C)(C)CCCN1CCCC1.CC(C)(C)CCN1CCCCC1.CC(C)(C)Cc1ccccn1. The predicted molar refractivity (Wildman–Crippen MR) is 305 cm³/mol. The van der Waals surface area contributed by atoms with Crippen molar-refractivity contribution in [1.82, 2.24) is 14.8 Å². The van der Waals surface area contributed by atoms with E-state index in [2.05, 4.69) is 145 Å². The van der Waals surface area contributed by atoms with Crippen molar-refractivity contribution < 1.29 is 5.11 Å². The van der Waals surface area contributed by atoms with Crippen LogP contribution in [-0.2, 0) is 6.42 Å². The van der Waals surface area contributed by atoms with Crippen LogP contribution in [0.25, 0.3) is 0 Å². The van der Waals surface area contributed by atoms with Gasteiger partial charge in [0.15, 0.2) is 0 Å². The second-order valence-corrected chi connectivity index (χ2v) is 30.1. The number of aliphatic hydroxyl groups is 1. The molecule has 4 nitrogen and oxygen atoms in total. The smallest absolute Gasteiger partial charge is 0.0648 e. The van der Waals surface area contributed by atoms with E-state index in [0.29, 0.717) is 32.5 Å². The maximum atomic E-state index is 10.2. The van der Waals surface area contributed by atoms with Crippen molar-refractivity contribution >= 4 is 0 Å². The molecular weight excluding hydrogens is 827 g/mol. The van der Waals surface area contributed by atoms with E-state index >= 15 is 0 Å². The molecule has 0 unspecified atom stereocenters. The van der Waals surface area contributed by atoms with Gasteiger partial charge in [0.05, 0.1) is 5.60 Å². The Labute approximate surface area is 428 Å². The van der Waals surface area contributed by atoms with E-state index in [4.69, 9.17) is 0 Å². The summed E-state index contributed by atoms with van der Waals surface area (Å²) >= 11 is 0. The van der Waals surface area contributed by atoms with Crippen LogP contribution in [-0.4, -0.2) is 64.8 Å². The number of pyridine rings is 1. The molecular formula is C64H125N3O. The average molecular weight is 953 g/mol. The first-order chi connectivity index (χ1) is 31.3. The Balaban J connectivity index is 0.000000410. The van der Waals surface area contributed by atoms with Crippen LogP contribution in [0.4, 0.5) is 0 Å². The van der Waals surface area contributed by atoms with E-state index in [9.17, 15) is 5.11 Å². The minimum atomic E-state index is -0.314. The Kier molecular flexibility index (Phi) is 30.9. The lowest BCUT2D eigenvalue weighted by Gasteiger charge is -2.34. The second-order valence-electron chi connectivity index (χ2n) is 30.1. The second kappa shape index (κ2) is 32.3. The summed E-state index contributed by atoms with van der Waals surface area (Å²) in [6.07, 6.45) is 36.9. The lowest BCUT2D eigenvalue weighted by atomic mass is 9.77. The van der Waals surface area contributed by atoms with Gasteiger partial charge >= 0.3 is 0 Å². The van der Waals surface area contributed by atoms with Gasteiger partial charge in [0.2, 0.25) is 0 Å². The molecule has 1 aromatic rings. The van der Waals surface area contributed by atoms with Crippen LogP contribution in [0.5, 0.6) is 0 Å². The molecule has 402 valence electrons. The summed E-state index contributed by atoms with van der Waals surface area (Å²) in [7, 11) is 0. The molecule has 0 amide bonds. The van der Waals surface area contributed by atoms with Gasteiger partial charge < -0.3 is 14.9 Å². The van der Waals surface area contributed by atoms with Crippen LogP contribution in [0.1, 0.15) is 291 Å². The molecule has 2 aliphatic heterocycles. The molecule has 6 rings (SSSR count). The Morgan fingerprint density at radius 3 is 1.38 bits per heavy atom. The third-order valence-electron chi connectivity index (χ3n) is 14.4.